The summed E-state index contributed by atoms with van der Waals surface area (Å²) in [7, 11) is 0. The number of nitrogens with zero attached hydrogens (tertiary/aromatic N) is 2. The molecule has 1 amide bonds. The number of aryl methyl sites for hydroxylation is 4. The van der Waals surface area contributed by atoms with Crippen LogP contribution in [0.4, 0.5) is 0 Å². The summed E-state index contributed by atoms with van der Waals surface area (Å²) in [4.78, 5) is 18.6. The van der Waals surface area contributed by atoms with Gasteiger partial charge < -0.3 is 4.57 Å². The van der Waals surface area contributed by atoms with E-state index >= 15 is 0 Å². The fraction of sp³-hybridized carbons (Fsp3) is 0.300. The molecular formula is C20H22N2OS2. The SMILES string of the molecule is CCn1c(=NC(=O)CSc2ccc(C)cc2)sc2cc(C)c(C)cc21. The predicted molar refractivity (Wildman–Crippen MR) is 107 cm³/mol. The molecule has 3 nitrogen and oxygen atoms in total. The highest BCUT2D eigenvalue weighted by molar-refractivity contribution is 8.00. The Morgan fingerprint density at radius 2 is 1.80 bits per heavy atom. The zero-order chi connectivity index (χ0) is 18.0. The molecule has 3 rings (SSSR count). The first-order valence-electron chi connectivity index (χ1n) is 8.35. The lowest BCUT2D eigenvalue weighted by atomic mass is 10.1. The van der Waals surface area contributed by atoms with Crippen molar-refractivity contribution < 1.29 is 4.79 Å². The number of hydrogen-bond acceptors (Lipinski definition) is 3. The number of thiazole rings is 1. The fourth-order valence-corrected chi connectivity index (χ4v) is 4.51. The van der Waals surface area contributed by atoms with E-state index in [0.29, 0.717) is 5.75 Å². The molecule has 3 aromatic rings. The van der Waals surface area contributed by atoms with Gasteiger partial charge in [0.2, 0.25) is 0 Å². The standard InChI is InChI=1S/C20H22N2OS2/c1-5-22-17-10-14(3)15(4)11-18(17)25-20(22)21-19(23)12-24-16-8-6-13(2)7-9-16/h6-11H,5,12H2,1-4H3. The van der Waals surface area contributed by atoms with Crippen LogP contribution in [0.5, 0.6) is 0 Å². The molecule has 1 aromatic heterocycles. The summed E-state index contributed by atoms with van der Waals surface area (Å²) in [5, 5.41) is 0. The van der Waals surface area contributed by atoms with Crippen LogP contribution in [0.25, 0.3) is 10.2 Å². The van der Waals surface area contributed by atoms with E-state index in [1.807, 2.05) is 12.1 Å². The summed E-state index contributed by atoms with van der Waals surface area (Å²) >= 11 is 3.12. The number of carbonyl (C=O) groups excluding carboxylic acids is 1. The maximum absolute atomic E-state index is 12.3. The highest BCUT2D eigenvalue weighted by Crippen LogP contribution is 2.22. The van der Waals surface area contributed by atoms with Gasteiger partial charge in [-0.1, -0.05) is 29.0 Å². The maximum atomic E-state index is 12.3. The van der Waals surface area contributed by atoms with E-state index in [1.54, 1.807) is 11.3 Å². The van der Waals surface area contributed by atoms with Gasteiger partial charge in [-0.05, 0) is 63.1 Å². The van der Waals surface area contributed by atoms with Crippen molar-refractivity contribution in [1.82, 2.24) is 4.57 Å². The van der Waals surface area contributed by atoms with Gasteiger partial charge in [0.05, 0.1) is 16.0 Å². The second kappa shape index (κ2) is 7.58. The van der Waals surface area contributed by atoms with Crippen LogP contribution >= 0.6 is 23.1 Å². The van der Waals surface area contributed by atoms with Crippen LogP contribution in [-0.2, 0) is 11.3 Å². The number of rotatable bonds is 4. The summed E-state index contributed by atoms with van der Waals surface area (Å²) in [5.74, 6) is 0.270. The Hall–Kier alpha value is -1.85. The third-order valence-corrected chi connectivity index (χ3v) is 6.26. The largest absolute Gasteiger partial charge is 0.317 e. The molecule has 0 aliphatic heterocycles. The number of fused-ring (bicyclic) bond motifs is 1. The monoisotopic (exact) mass is 370 g/mol. The van der Waals surface area contributed by atoms with Gasteiger partial charge in [-0.25, -0.2) is 0 Å². The summed E-state index contributed by atoms with van der Waals surface area (Å²) in [6.07, 6.45) is 0. The average Bonchev–Trinajstić information content (AvgIpc) is 2.90. The number of amides is 1. The molecule has 1 heterocycles. The van der Waals surface area contributed by atoms with E-state index in [4.69, 9.17) is 0 Å². The normalized spacial score (nSPS) is 12.1. The van der Waals surface area contributed by atoms with E-state index in [9.17, 15) is 4.79 Å². The molecule has 0 aliphatic rings. The second-order valence-electron chi connectivity index (χ2n) is 6.14. The summed E-state index contributed by atoms with van der Waals surface area (Å²) in [6, 6.07) is 12.6. The Morgan fingerprint density at radius 1 is 1.12 bits per heavy atom. The number of benzene rings is 2. The second-order valence-corrected chi connectivity index (χ2v) is 8.20. The molecule has 0 saturated heterocycles. The minimum Gasteiger partial charge on any atom is -0.317 e. The maximum Gasteiger partial charge on any atom is 0.258 e. The lowest BCUT2D eigenvalue weighted by Gasteiger charge is -2.03. The van der Waals surface area contributed by atoms with Crippen LogP contribution in [0.15, 0.2) is 46.3 Å². The molecule has 0 radical (unpaired) electrons. The third kappa shape index (κ3) is 4.05. The quantitative estimate of drug-likeness (QED) is 0.614. The lowest BCUT2D eigenvalue weighted by molar-refractivity contribution is -0.115. The van der Waals surface area contributed by atoms with Crippen molar-refractivity contribution in [3.63, 3.8) is 0 Å². The number of aromatic nitrogens is 1. The minimum atomic E-state index is -0.0900. The molecule has 0 bridgehead atoms. The van der Waals surface area contributed by atoms with Crippen LogP contribution in [-0.4, -0.2) is 16.2 Å². The van der Waals surface area contributed by atoms with Crippen molar-refractivity contribution >= 4 is 39.2 Å². The van der Waals surface area contributed by atoms with Crippen LogP contribution in [0, 0.1) is 20.8 Å². The predicted octanol–water partition coefficient (Wildman–Crippen LogP) is 4.87. The first-order chi connectivity index (χ1) is 12.0. The van der Waals surface area contributed by atoms with Crippen molar-refractivity contribution in [1.29, 1.82) is 0 Å². The minimum absolute atomic E-state index is 0.0900. The van der Waals surface area contributed by atoms with Crippen LogP contribution in [0.1, 0.15) is 23.6 Å². The van der Waals surface area contributed by atoms with Gasteiger partial charge in [0.1, 0.15) is 0 Å². The Morgan fingerprint density at radius 3 is 2.48 bits per heavy atom. The van der Waals surface area contributed by atoms with Crippen molar-refractivity contribution in [2.75, 3.05) is 5.75 Å². The Kier molecular flexibility index (Phi) is 5.45. The molecule has 0 fully saturated rings. The smallest absolute Gasteiger partial charge is 0.258 e. The van der Waals surface area contributed by atoms with Crippen molar-refractivity contribution in [2.24, 2.45) is 4.99 Å². The van der Waals surface area contributed by atoms with Crippen molar-refractivity contribution in [3.8, 4) is 0 Å². The Labute approximate surface area is 156 Å². The molecule has 0 atom stereocenters. The van der Waals surface area contributed by atoms with Crippen LogP contribution in [0.2, 0.25) is 0 Å². The van der Waals surface area contributed by atoms with E-state index < -0.39 is 0 Å². The number of hydrogen-bond donors (Lipinski definition) is 0. The molecule has 130 valence electrons. The fourth-order valence-electron chi connectivity index (χ4n) is 2.63. The molecule has 0 N–H and O–H groups in total. The van der Waals surface area contributed by atoms with Crippen LogP contribution < -0.4 is 4.80 Å². The number of thioether (sulfide) groups is 1. The van der Waals surface area contributed by atoms with Gasteiger partial charge >= 0.3 is 0 Å². The number of carbonyl (C=O) groups is 1. The summed E-state index contributed by atoms with van der Waals surface area (Å²) in [5.41, 5.74) is 4.92. The first-order valence-corrected chi connectivity index (χ1v) is 10.2. The molecule has 25 heavy (non-hydrogen) atoms. The van der Waals surface area contributed by atoms with E-state index in [1.165, 1.54) is 33.2 Å². The lowest BCUT2D eigenvalue weighted by Crippen LogP contribution is -2.16. The van der Waals surface area contributed by atoms with Gasteiger partial charge in [-0.2, -0.15) is 4.99 Å². The molecule has 5 heteroatoms. The average molecular weight is 371 g/mol. The van der Waals surface area contributed by atoms with Gasteiger partial charge in [-0.15, -0.1) is 11.8 Å². The Bertz CT molecular complexity index is 981. The summed E-state index contributed by atoms with van der Waals surface area (Å²) < 4.78 is 3.31. The van der Waals surface area contributed by atoms with Gasteiger partial charge in [0, 0.05) is 11.4 Å². The summed E-state index contributed by atoms with van der Waals surface area (Å²) in [6.45, 7) is 9.19. The molecule has 0 unspecified atom stereocenters. The van der Waals surface area contributed by atoms with E-state index in [0.717, 1.165) is 21.8 Å². The Balaban J connectivity index is 1.86. The highest BCUT2D eigenvalue weighted by Gasteiger charge is 2.09. The van der Waals surface area contributed by atoms with Gasteiger partial charge in [0.25, 0.3) is 5.91 Å². The molecule has 0 aliphatic carbocycles. The third-order valence-electron chi connectivity index (χ3n) is 4.22. The topological polar surface area (TPSA) is 34.4 Å². The molecular weight excluding hydrogens is 348 g/mol. The van der Waals surface area contributed by atoms with Gasteiger partial charge in [-0.3, -0.25) is 4.79 Å². The zero-order valence-corrected chi connectivity index (χ0v) is 16.6. The first kappa shape index (κ1) is 18.0. The zero-order valence-electron chi connectivity index (χ0n) is 15.0. The molecule has 2 aromatic carbocycles. The van der Waals surface area contributed by atoms with Crippen LogP contribution in [0.3, 0.4) is 0 Å². The van der Waals surface area contributed by atoms with Crippen molar-refractivity contribution in [3.05, 3.63) is 57.9 Å². The molecule has 0 saturated carbocycles. The molecule has 0 spiro atoms. The van der Waals surface area contributed by atoms with E-state index in [2.05, 4.69) is 61.5 Å². The highest BCUT2D eigenvalue weighted by atomic mass is 32.2. The van der Waals surface area contributed by atoms with E-state index in [-0.39, 0.29) is 5.91 Å². The van der Waals surface area contributed by atoms with Gasteiger partial charge in [0.15, 0.2) is 4.80 Å². The van der Waals surface area contributed by atoms with Crippen molar-refractivity contribution in [2.45, 2.75) is 39.1 Å².